The number of rotatable bonds is 3. The van der Waals surface area contributed by atoms with E-state index in [2.05, 4.69) is 29.7 Å². The lowest BCUT2D eigenvalue weighted by Crippen LogP contribution is -2.33. The summed E-state index contributed by atoms with van der Waals surface area (Å²) in [6, 6.07) is 8.24. The normalized spacial score (nSPS) is 24.2. The van der Waals surface area contributed by atoms with Gasteiger partial charge < -0.3 is 10.6 Å². The molecule has 102 valence electrons. The van der Waals surface area contributed by atoms with Crippen LogP contribution < -0.4 is 10.6 Å². The van der Waals surface area contributed by atoms with Crippen LogP contribution in [-0.2, 0) is 11.3 Å². The van der Waals surface area contributed by atoms with Crippen molar-refractivity contribution in [3.8, 4) is 0 Å². The lowest BCUT2D eigenvalue weighted by Gasteiger charge is -2.23. The maximum atomic E-state index is 12.2. The van der Waals surface area contributed by atoms with Crippen molar-refractivity contribution in [2.75, 3.05) is 13.1 Å². The molecule has 3 rings (SSSR count). The van der Waals surface area contributed by atoms with Gasteiger partial charge in [0.2, 0.25) is 5.91 Å². The molecule has 0 aromatic heterocycles. The van der Waals surface area contributed by atoms with Crippen LogP contribution in [0.25, 0.3) is 0 Å². The highest BCUT2D eigenvalue weighted by atomic mass is 16.2. The topological polar surface area (TPSA) is 41.1 Å². The molecule has 1 atom stereocenters. The van der Waals surface area contributed by atoms with Gasteiger partial charge in [-0.3, -0.25) is 4.79 Å². The molecule has 2 N–H and O–H groups in total. The fraction of sp³-hybridized carbons (Fsp3) is 0.562. The maximum Gasteiger partial charge on any atom is 0.223 e. The number of nitrogens with one attached hydrogen (secondary N) is 2. The van der Waals surface area contributed by atoms with Gasteiger partial charge in [0.1, 0.15) is 0 Å². The molecule has 1 saturated heterocycles. The molecule has 1 aliphatic heterocycles. The number of hydrogen-bond donors (Lipinski definition) is 2. The van der Waals surface area contributed by atoms with Crippen molar-refractivity contribution in [2.24, 2.45) is 11.3 Å². The maximum absolute atomic E-state index is 12.2. The van der Waals surface area contributed by atoms with E-state index in [1.807, 2.05) is 12.1 Å². The highest BCUT2D eigenvalue weighted by Gasteiger charge is 2.57. The number of carbonyl (C=O) groups excluding carboxylic acids is 1. The fourth-order valence-electron chi connectivity index (χ4n) is 3.31. The smallest absolute Gasteiger partial charge is 0.223 e. The van der Waals surface area contributed by atoms with E-state index in [0.29, 0.717) is 12.0 Å². The Morgan fingerprint density at radius 2 is 2.11 bits per heavy atom. The third-order valence-electron chi connectivity index (χ3n) is 4.82. The Bertz CT molecular complexity index is 477. The molecular formula is C16H22N2O. The number of amides is 1. The first-order valence-electron chi connectivity index (χ1n) is 7.24. The number of hydrogen-bond acceptors (Lipinski definition) is 2. The minimum absolute atomic E-state index is 0.255. The van der Waals surface area contributed by atoms with E-state index in [4.69, 9.17) is 0 Å². The van der Waals surface area contributed by atoms with Crippen LogP contribution in [0.15, 0.2) is 24.3 Å². The lowest BCUT2D eigenvalue weighted by molar-refractivity contribution is -0.123. The molecule has 1 aromatic carbocycles. The second kappa shape index (κ2) is 4.97. The van der Waals surface area contributed by atoms with Gasteiger partial charge in [-0.25, -0.2) is 0 Å². The number of carbonyl (C=O) groups is 1. The Kier molecular flexibility index (Phi) is 3.31. The van der Waals surface area contributed by atoms with E-state index in [9.17, 15) is 4.79 Å². The Morgan fingerprint density at radius 3 is 2.84 bits per heavy atom. The first-order valence-corrected chi connectivity index (χ1v) is 7.24. The highest BCUT2D eigenvalue weighted by molar-refractivity contribution is 5.82. The molecule has 19 heavy (non-hydrogen) atoms. The molecule has 1 aromatic rings. The van der Waals surface area contributed by atoms with Crippen LogP contribution in [0.1, 0.15) is 30.4 Å². The SMILES string of the molecule is Cc1ccccc1CNC(=O)C1CC12CCNCC2. The highest BCUT2D eigenvalue weighted by Crippen LogP contribution is 2.58. The van der Waals surface area contributed by atoms with Gasteiger partial charge in [-0.2, -0.15) is 0 Å². The van der Waals surface area contributed by atoms with Gasteiger partial charge in [0.15, 0.2) is 0 Å². The van der Waals surface area contributed by atoms with Gasteiger partial charge in [0, 0.05) is 12.5 Å². The summed E-state index contributed by atoms with van der Waals surface area (Å²) in [4.78, 5) is 12.2. The summed E-state index contributed by atoms with van der Waals surface area (Å²) in [5, 5.41) is 6.49. The summed E-state index contributed by atoms with van der Waals surface area (Å²) in [6.45, 7) is 4.90. The minimum Gasteiger partial charge on any atom is -0.352 e. The Labute approximate surface area is 114 Å². The van der Waals surface area contributed by atoms with Crippen LogP contribution in [0.4, 0.5) is 0 Å². The minimum atomic E-state index is 0.255. The van der Waals surface area contributed by atoms with Crippen molar-refractivity contribution in [2.45, 2.75) is 32.7 Å². The van der Waals surface area contributed by atoms with Crippen LogP contribution >= 0.6 is 0 Å². The first kappa shape index (κ1) is 12.7. The van der Waals surface area contributed by atoms with Crippen molar-refractivity contribution >= 4 is 5.91 Å². The first-order chi connectivity index (χ1) is 9.21. The van der Waals surface area contributed by atoms with E-state index in [-0.39, 0.29) is 11.8 Å². The Hall–Kier alpha value is -1.35. The summed E-state index contributed by atoms with van der Waals surface area (Å²) < 4.78 is 0. The molecular weight excluding hydrogens is 236 g/mol. The van der Waals surface area contributed by atoms with Gasteiger partial charge in [-0.15, -0.1) is 0 Å². The van der Waals surface area contributed by atoms with Gasteiger partial charge in [0.25, 0.3) is 0 Å². The van der Waals surface area contributed by atoms with E-state index in [0.717, 1.165) is 32.4 Å². The van der Waals surface area contributed by atoms with E-state index >= 15 is 0 Å². The van der Waals surface area contributed by atoms with Crippen molar-refractivity contribution in [3.05, 3.63) is 35.4 Å². The molecule has 1 aliphatic carbocycles. The molecule has 2 aliphatic rings. The number of benzene rings is 1. The van der Waals surface area contributed by atoms with E-state index in [1.54, 1.807) is 0 Å². The molecule has 3 heteroatoms. The van der Waals surface area contributed by atoms with Crippen molar-refractivity contribution in [1.29, 1.82) is 0 Å². The van der Waals surface area contributed by atoms with Crippen LogP contribution in [0.5, 0.6) is 0 Å². The summed E-state index contributed by atoms with van der Waals surface area (Å²) in [5.41, 5.74) is 2.80. The van der Waals surface area contributed by atoms with Gasteiger partial charge in [-0.05, 0) is 55.8 Å². The molecule has 2 fully saturated rings. The van der Waals surface area contributed by atoms with E-state index < -0.39 is 0 Å². The molecule has 3 nitrogen and oxygen atoms in total. The number of aryl methyl sites for hydroxylation is 1. The molecule has 1 heterocycles. The third-order valence-corrected chi connectivity index (χ3v) is 4.82. The van der Waals surface area contributed by atoms with Crippen LogP contribution in [0, 0.1) is 18.3 Å². The van der Waals surface area contributed by atoms with Gasteiger partial charge in [0.05, 0.1) is 0 Å². The zero-order chi connectivity index (χ0) is 13.3. The Morgan fingerprint density at radius 1 is 1.37 bits per heavy atom. The molecule has 1 amide bonds. The molecule has 1 spiro atoms. The standard InChI is InChI=1S/C16H22N2O/c1-12-4-2-3-5-13(12)11-18-15(19)14-10-16(14)6-8-17-9-7-16/h2-5,14,17H,6-11H2,1H3,(H,18,19). The molecule has 1 unspecified atom stereocenters. The summed E-state index contributed by atoms with van der Waals surface area (Å²) >= 11 is 0. The van der Waals surface area contributed by atoms with E-state index in [1.165, 1.54) is 11.1 Å². The lowest BCUT2D eigenvalue weighted by atomic mass is 9.92. The summed E-state index contributed by atoms with van der Waals surface area (Å²) in [7, 11) is 0. The van der Waals surface area contributed by atoms with Crippen LogP contribution in [0.2, 0.25) is 0 Å². The van der Waals surface area contributed by atoms with Crippen LogP contribution in [-0.4, -0.2) is 19.0 Å². The molecule has 0 radical (unpaired) electrons. The van der Waals surface area contributed by atoms with Crippen molar-refractivity contribution in [3.63, 3.8) is 0 Å². The summed E-state index contributed by atoms with van der Waals surface area (Å²) in [6.07, 6.45) is 3.42. The summed E-state index contributed by atoms with van der Waals surface area (Å²) in [5.74, 6) is 0.517. The second-order valence-electron chi connectivity index (χ2n) is 6.01. The predicted molar refractivity (Wildman–Crippen MR) is 75.7 cm³/mol. The Balaban J connectivity index is 1.54. The van der Waals surface area contributed by atoms with Crippen LogP contribution in [0.3, 0.4) is 0 Å². The fourth-order valence-corrected chi connectivity index (χ4v) is 3.31. The quantitative estimate of drug-likeness (QED) is 0.870. The van der Waals surface area contributed by atoms with Gasteiger partial charge in [-0.1, -0.05) is 24.3 Å². The van der Waals surface area contributed by atoms with Crippen molar-refractivity contribution < 1.29 is 4.79 Å². The van der Waals surface area contributed by atoms with Gasteiger partial charge >= 0.3 is 0 Å². The second-order valence-corrected chi connectivity index (χ2v) is 6.01. The molecule has 1 saturated carbocycles. The monoisotopic (exact) mass is 258 g/mol. The predicted octanol–water partition coefficient (Wildman–Crippen LogP) is 2.00. The average Bonchev–Trinajstić information content (AvgIpc) is 3.12. The van der Waals surface area contributed by atoms with Crippen molar-refractivity contribution in [1.82, 2.24) is 10.6 Å². The number of piperidine rings is 1. The molecule has 0 bridgehead atoms. The zero-order valence-corrected chi connectivity index (χ0v) is 11.5. The largest absolute Gasteiger partial charge is 0.352 e. The third kappa shape index (κ3) is 2.52. The zero-order valence-electron chi connectivity index (χ0n) is 11.5. The average molecular weight is 258 g/mol.